The molecule has 0 aromatic heterocycles. The highest BCUT2D eigenvalue weighted by atomic mass is 16.5. The van der Waals surface area contributed by atoms with Crippen LogP contribution in [0.2, 0.25) is 0 Å². The maximum Gasteiger partial charge on any atom is 0.0593 e. The first-order valence-electron chi connectivity index (χ1n) is 6.31. The minimum absolute atomic E-state index is 0.697. The molecule has 2 atom stereocenters. The molecule has 2 N–H and O–H groups in total. The van der Waals surface area contributed by atoms with Gasteiger partial charge in [-0.25, -0.2) is 0 Å². The fraction of sp³-hybridized carbons (Fsp3) is 1.00. The van der Waals surface area contributed by atoms with E-state index in [1.807, 2.05) is 0 Å². The fourth-order valence-corrected chi connectivity index (χ4v) is 2.42. The highest BCUT2D eigenvalue weighted by molar-refractivity contribution is 4.82. The summed E-state index contributed by atoms with van der Waals surface area (Å²) in [6.45, 7) is 7.29. The average molecular weight is 212 g/mol. The Morgan fingerprint density at radius 1 is 1.33 bits per heavy atom. The molecular formula is C12H24N2O. The highest BCUT2D eigenvalue weighted by Crippen LogP contribution is 2.28. The van der Waals surface area contributed by atoms with Crippen molar-refractivity contribution in [3.63, 3.8) is 0 Å². The molecule has 1 aliphatic carbocycles. The molecular weight excluding hydrogens is 188 g/mol. The fourth-order valence-electron chi connectivity index (χ4n) is 2.42. The number of nitrogens with two attached hydrogens (primary N) is 1. The van der Waals surface area contributed by atoms with Crippen LogP contribution in [0.25, 0.3) is 0 Å². The molecule has 1 saturated carbocycles. The zero-order valence-electron chi connectivity index (χ0n) is 9.82. The van der Waals surface area contributed by atoms with Crippen LogP contribution in [0.1, 0.15) is 26.2 Å². The minimum atomic E-state index is 0.697. The summed E-state index contributed by atoms with van der Waals surface area (Å²) < 4.78 is 5.66. The third-order valence-electron chi connectivity index (χ3n) is 3.70. The van der Waals surface area contributed by atoms with Gasteiger partial charge < -0.3 is 10.5 Å². The van der Waals surface area contributed by atoms with E-state index in [9.17, 15) is 0 Å². The first-order chi connectivity index (χ1) is 7.29. The van der Waals surface area contributed by atoms with Crippen molar-refractivity contribution in [3.8, 4) is 0 Å². The van der Waals surface area contributed by atoms with Crippen LogP contribution in [0, 0.1) is 11.8 Å². The predicted octanol–water partition coefficient (Wildman–Crippen LogP) is 1.08. The van der Waals surface area contributed by atoms with Crippen molar-refractivity contribution in [1.29, 1.82) is 0 Å². The van der Waals surface area contributed by atoms with Gasteiger partial charge in [-0.1, -0.05) is 0 Å². The summed E-state index contributed by atoms with van der Waals surface area (Å²) in [6, 6.07) is 0.697. The third-order valence-corrected chi connectivity index (χ3v) is 3.70. The predicted molar refractivity (Wildman–Crippen MR) is 61.7 cm³/mol. The molecule has 0 aromatic rings. The van der Waals surface area contributed by atoms with Gasteiger partial charge >= 0.3 is 0 Å². The molecule has 0 bridgehead atoms. The summed E-state index contributed by atoms with van der Waals surface area (Å²) in [5.41, 5.74) is 5.70. The Kier molecular flexibility index (Phi) is 4.00. The second kappa shape index (κ2) is 5.28. The standard InChI is InChI=1S/C12H24N2O/c1-10-6-12(7-13)8-14(10)4-5-15-9-11-2-3-11/h10-12H,2-9,13H2,1H3. The summed E-state index contributed by atoms with van der Waals surface area (Å²) in [6.07, 6.45) is 4.03. The lowest BCUT2D eigenvalue weighted by molar-refractivity contribution is 0.0937. The minimum Gasteiger partial charge on any atom is -0.380 e. The molecule has 2 aliphatic rings. The molecule has 1 heterocycles. The van der Waals surface area contributed by atoms with Gasteiger partial charge in [0.1, 0.15) is 0 Å². The van der Waals surface area contributed by atoms with Gasteiger partial charge in [-0.05, 0) is 44.6 Å². The monoisotopic (exact) mass is 212 g/mol. The molecule has 2 rings (SSSR count). The normalized spacial score (nSPS) is 32.4. The van der Waals surface area contributed by atoms with Crippen molar-refractivity contribution >= 4 is 0 Å². The van der Waals surface area contributed by atoms with Crippen LogP contribution in [0.4, 0.5) is 0 Å². The van der Waals surface area contributed by atoms with Gasteiger partial charge in [-0.2, -0.15) is 0 Å². The topological polar surface area (TPSA) is 38.5 Å². The first-order valence-corrected chi connectivity index (χ1v) is 6.31. The van der Waals surface area contributed by atoms with Crippen LogP contribution in [-0.2, 0) is 4.74 Å². The van der Waals surface area contributed by atoms with Gasteiger partial charge in [-0.3, -0.25) is 4.90 Å². The summed E-state index contributed by atoms with van der Waals surface area (Å²) >= 11 is 0. The number of rotatable bonds is 6. The van der Waals surface area contributed by atoms with E-state index >= 15 is 0 Å². The maximum absolute atomic E-state index is 5.70. The Balaban J connectivity index is 1.57. The number of hydrogen-bond acceptors (Lipinski definition) is 3. The van der Waals surface area contributed by atoms with Crippen LogP contribution >= 0.6 is 0 Å². The van der Waals surface area contributed by atoms with Crippen molar-refractivity contribution in [3.05, 3.63) is 0 Å². The lowest BCUT2D eigenvalue weighted by atomic mass is 10.1. The van der Waals surface area contributed by atoms with E-state index in [0.29, 0.717) is 12.0 Å². The summed E-state index contributed by atoms with van der Waals surface area (Å²) in [5, 5.41) is 0. The Morgan fingerprint density at radius 2 is 2.13 bits per heavy atom. The molecule has 0 radical (unpaired) electrons. The van der Waals surface area contributed by atoms with Crippen LogP contribution in [0.5, 0.6) is 0 Å². The smallest absolute Gasteiger partial charge is 0.0593 e. The summed E-state index contributed by atoms with van der Waals surface area (Å²) in [7, 11) is 0. The van der Waals surface area contributed by atoms with E-state index in [2.05, 4.69) is 11.8 Å². The van der Waals surface area contributed by atoms with Gasteiger partial charge in [0.15, 0.2) is 0 Å². The molecule has 0 aromatic carbocycles. The summed E-state index contributed by atoms with van der Waals surface area (Å²) in [5.74, 6) is 1.60. The lowest BCUT2D eigenvalue weighted by Crippen LogP contribution is -2.31. The second-order valence-corrected chi connectivity index (χ2v) is 5.20. The largest absolute Gasteiger partial charge is 0.380 e. The van der Waals surface area contributed by atoms with Gasteiger partial charge in [-0.15, -0.1) is 0 Å². The highest BCUT2D eigenvalue weighted by Gasteiger charge is 2.27. The van der Waals surface area contributed by atoms with Crippen LogP contribution in [-0.4, -0.2) is 43.8 Å². The number of likely N-dealkylation sites (tertiary alicyclic amines) is 1. The van der Waals surface area contributed by atoms with E-state index in [0.717, 1.165) is 32.2 Å². The van der Waals surface area contributed by atoms with Gasteiger partial charge in [0.25, 0.3) is 0 Å². The van der Waals surface area contributed by atoms with E-state index in [-0.39, 0.29) is 0 Å². The number of ether oxygens (including phenoxy) is 1. The van der Waals surface area contributed by atoms with E-state index < -0.39 is 0 Å². The van der Waals surface area contributed by atoms with Crippen molar-refractivity contribution < 1.29 is 4.74 Å². The second-order valence-electron chi connectivity index (χ2n) is 5.20. The number of hydrogen-bond donors (Lipinski definition) is 1. The molecule has 1 aliphatic heterocycles. The van der Waals surface area contributed by atoms with Crippen LogP contribution in [0.15, 0.2) is 0 Å². The van der Waals surface area contributed by atoms with Gasteiger partial charge in [0.05, 0.1) is 6.61 Å². The van der Waals surface area contributed by atoms with Crippen molar-refractivity contribution in [2.24, 2.45) is 17.6 Å². The van der Waals surface area contributed by atoms with Crippen molar-refractivity contribution in [1.82, 2.24) is 4.90 Å². The van der Waals surface area contributed by atoms with Gasteiger partial charge in [0, 0.05) is 25.7 Å². The molecule has 2 fully saturated rings. The third kappa shape index (κ3) is 3.44. The first kappa shape index (κ1) is 11.4. The van der Waals surface area contributed by atoms with Crippen molar-refractivity contribution in [2.75, 3.05) is 32.8 Å². The Bertz CT molecular complexity index is 194. The van der Waals surface area contributed by atoms with Crippen molar-refractivity contribution in [2.45, 2.75) is 32.2 Å². The SMILES string of the molecule is CC1CC(CN)CN1CCOCC1CC1. The van der Waals surface area contributed by atoms with Crippen LogP contribution in [0.3, 0.4) is 0 Å². The molecule has 3 nitrogen and oxygen atoms in total. The molecule has 0 spiro atoms. The Labute approximate surface area is 93.0 Å². The van der Waals surface area contributed by atoms with Crippen LogP contribution < -0.4 is 5.73 Å². The molecule has 3 heteroatoms. The zero-order chi connectivity index (χ0) is 10.7. The molecule has 88 valence electrons. The zero-order valence-corrected chi connectivity index (χ0v) is 9.82. The van der Waals surface area contributed by atoms with E-state index in [1.54, 1.807) is 0 Å². The lowest BCUT2D eigenvalue weighted by Gasteiger charge is -2.20. The van der Waals surface area contributed by atoms with E-state index in [4.69, 9.17) is 10.5 Å². The summed E-state index contributed by atoms with van der Waals surface area (Å²) in [4.78, 5) is 2.52. The Morgan fingerprint density at radius 3 is 2.73 bits per heavy atom. The quantitative estimate of drug-likeness (QED) is 0.670. The molecule has 2 unspecified atom stereocenters. The van der Waals surface area contributed by atoms with Gasteiger partial charge in [0.2, 0.25) is 0 Å². The molecule has 0 amide bonds. The molecule has 15 heavy (non-hydrogen) atoms. The van der Waals surface area contributed by atoms with E-state index in [1.165, 1.54) is 25.8 Å². The maximum atomic E-state index is 5.70. The average Bonchev–Trinajstić information content (AvgIpc) is 2.98. The molecule has 1 saturated heterocycles. The number of nitrogens with zero attached hydrogens (tertiary/aromatic N) is 1. The Hall–Kier alpha value is -0.120.